The second-order valence-electron chi connectivity index (χ2n) is 0.904. The van der Waals surface area contributed by atoms with E-state index in [9.17, 15) is 0 Å². The van der Waals surface area contributed by atoms with Gasteiger partial charge in [0.2, 0.25) is 0 Å². The van der Waals surface area contributed by atoms with Crippen molar-refractivity contribution in [2.75, 3.05) is 0 Å². The molecule has 30 valence electrons. The summed E-state index contributed by atoms with van der Waals surface area (Å²) in [6, 6.07) is 0. The Morgan fingerprint density at radius 3 is 2.00 bits per heavy atom. The Bertz CT molecular complexity index is 80.7. The smallest absolute Gasteiger partial charge is 0.114 e. The monoisotopic (exact) mass is 96.0 g/mol. The first-order valence-electron chi connectivity index (χ1n) is 1.70. The maximum atomic E-state index is 3.77. The minimum Gasteiger partial charge on any atom is -0.250 e. The van der Waals surface area contributed by atoms with Crippen LogP contribution in [0.25, 0.3) is 0 Å². The first-order valence-corrected chi connectivity index (χ1v) is 3.03. The number of hydrogen-bond acceptors (Lipinski definition) is 2. The van der Waals surface area contributed by atoms with E-state index in [0.29, 0.717) is 9.12 Å². The van der Waals surface area contributed by atoms with Gasteiger partial charge in [0.05, 0.1) is 9.12 Å². The van der Waals surface area contributed by atoms with Crippen LogP contribution >= 0.6 is 0 Å². The molecule has 0 radical (unpaired) electrons. The largest absolute Gasteiger partial charge is 0.250 e. The van der Waals surface area contributed by atoms with Crippen LogP contribution in [0.4, 0.5) is 0 Å². The third kappa shape index (κ3) is 0.685. The molecule has 0 atom stereocenters. The first kappa shape index (κ1) is 3.61. The lowest BCUT2D eigenvalue weighted by molar-refractivity contribution is 1.22. The van der Waals surface area contributed by atoms with E-state index in [4.69, 9.17) is 0 Å². The van der Waals surface area contributed by atoms with Crippen molar-refractivity contribution in [3.8, 4) is 0 Å². The van der Waals surface area contributed by atoms with Crippen LogP contribution in [0.5, 0.6) is 0 Å². The van der Waals surface area contributed by atoms with E-state index in [1.807, 2.05) is 11.6 Å². The maximum Gasteiger partial charge on any atom is 0.114 e. The molecule has 0 saturated heterocycles. The SMILES string of the molecule is c1nc[siH]cn1. The second-order valence-corrected chi connectivity index (χ2v) is 1.89. The standard InChI is InChI=1S/C3H4N2Si/c1-4-2-6-3-5-1/h1-3,6H. The molecule has 0 spiro atoms. The van der Waals surface area contributed by atoms with Gasteiger partial charge in [0.15, 0.2) is 0 Å². The van der Waals surface area contributed by atoms with Gasteiger partial charge in [0.25, 0.3) is 0 Å². The van der Waals surface area contributed by atoms with Crippen molar-refractivity contribution < 1.29 is 0 Å². The summed E-state index contributed by atoms with van der Waals surface area (Å²) >= 11 is 0. The van der Waals surface area contributed by atoms with Gasteiger partial charge in [-0.15, -0.1) is 0 Å². The quantitative estimate of drug-likeness (QED) is 0.409. The Morgan fingerprint density at radius 1 is 1.17 bits per heavy atom. The van der Waals surface area contributed by atoms with Crippen LogP contribution in [0.1, 0.15) is 0 Å². The molecule has 1 aromatic rings. The van der Waals surface area contributed by atoms with Crippen molar-refractivity contribution >= 4 is 9.12 Å². The van der Waals surface area contributed by atoms with Crippen molar-refractivity contribution in [3.63, 3.8) is 0 Å². The zero-order valence-corrected chi connectivity index (χ0v) is 4.36. The Morgan fingerprint density at radius 2 is 1.83 bits per heavy atom. The molecular weight excluding hydrogens is 92.1 g/mol. The van der Waals surface area contributed by atoms with Gasteiger partial charge in [0, 0.05) is 11.6 Å². The molecule has 0 aliphatic carbocycles. The highest BCUT2D eigenvalue weighted by Crippen LogP contribution is 1.56. The third-order valence-electron chi connectivity index (χ3n) is 0.478. The average molecular weight is 96.2 g/mol. The molecule has 0 bridgehead atoms. The highest BCUT2D eigenvalue weighted by molar-refractivity contribution is 6.25. The van der Waals surface area contributed by atoms with Gasteiger partial charge in [-0.3, -0.25) is 9.97 Å². The minimum absolute atomic E-state index is 0.291. The van der Waals surface area contributed by atoms with Crippen molar-refractivity contribution in [2.24, 2.45) is 0 Å². The topological polar surface area (TPSA) is 25.8 Å². The van der Waals surface area contributed by atoms with Crippen LogP contribution in [0.3, 0.4) is 0 Å². The molecule has 3 heteroatoms. The van der Waals surface area contributed by atoms with Crippen molar-refractivity contribution in [1.29, 1.82) is 0 Å². The van der Waals surface area contributed by atoms with Gasteiger partial charge >= 0.3 is 0 Å². The van der Waals surface area contributed by atoms with Gasteiger partial charge in [0.1, 0.15) is 6.33 Å². The number of nitrogens with zero attached hydrogens (tertiary/aromatic N) is 2. The molecule has 0 unspecified atom stereocenters. The predicted octanol–water partition coefficient (Wildman–Crippen LogP) is -0.453. The summed E-state index contributed by atoms with van der Waals surface area (Å²) in [5.41, 5.74) is 0. The average Bonchev–Trinajstić information content (AvgIpc) is 1.72. The molecule has 0 N–H and O–H groups in total. The molecule has 1 rings (SSSR count). The third-order valence-corrected chi connectivity index (χ3v) is 1.17. The lowest BCUT2D eigenvalue weighted by Crippen LogP contribution is -1.74. The van der Waals surface area contributed by atoms with Crippen molar-refractivity contribution in [2.45, 2.75) is 0 Å². The van der Waals surface area contributed by atoms with E-state index in [1.165, 1.54) is 0 Å². The normalized spacial score (nSPS) is 8.00. The molecule has 0 saturated carbocycles. The van der Waals surface area contributed by atoms with Crippen LogP contribution in [-0.2, 0) is 0 Å². The fourth-order valence-corrected chi connectivity index (χ4v) is 0.683. The Hall–Kier alpha value is -0.573. The van der Waals surface area contributed by atoms with E-state index in [1.54, 1.807) is 6.33 Å². The minimum atomic E-state index is 0.291. The summed E-state index contributed by atoms with van der Waals surface area (Å²) < 4.78 is 0. The van der Waals surface area contributed by atoms with Crippen LogP contribution in [-0.4, -0.2) is 19.1 Å². The lowest BCUT2D eigenvalue weighted by Gasteiger charge is -1.69. The van der Waals surface area contributed by atoms with E-state index in [-0.39, 0.29) is 0 Å². The zero-order valence-electron chi connectivity index (χ0n) is 3.20. The molecule has 2 nitrogen and oxygen atoms in total. The van der Waals surface area contributed by atoms with Gasteiger partial charge < -0.3 is 0 Å². The molecule has 1 heterocycles. The van der Waals surface area contributed by atoms with E-state index in [0.717, 1.165) is 0 Å². The van der Waals surface area contributed by atoms with Gasteiger partial charge in [-0.25, -0.2) is 0 Å². The summed E-state index contributed by atoms with van der Waals surface area (Å²) in [5.74, 6) is 3.79. The molecule has 0 amide bonds. The highest BCUT2D eigenvalue weighted by Gasteiger charge is 1.59. The summed E-state index contributed by atoms with van der Waals surface area (Å²) in [4.78, 5) is 7.53. The lowest BCUT2D eigenvalue weighted by atomic mass is 11.3. The van der Waals surface area contributed by atoms with Crippen LogP contribution in [0.2, 0.25) is 0 Å². The number of hydrogen-bond donors (Lipinski definition) is 0. The number of aromatic nitrogens is 2. The fourth-order valence-electron chi connectivity index (χ4n) is 0.253. The molecule has 0 aromatic carbocycles. The maximum absolute atomic E-state index is 3.77. The van der Waals surface area contributed by atoms with E-state index in [2.05, 4.69) is 9.97 Å². The van der Waals surface area contributed by atoms with Crippen molar-refractivity contribution in [1.82, 2.24) is 9.97 Å². The summed E-state index contributed by atoms with van der Waals surface area (Å²) in [5, 5.41) is 0. The van der Waals surface area contributed by atoms with E-state index < -0.39 is 0 Å². The predicted molar refractivity (Wildman–Crippen MR) is 24.8 cm³/mol. The van der Waals surface area contributed by atoms with E-state index >= 15 is 0 Å². The zero-order chi connectivity index (χ0) is 4.24. The van der Waals surface area contributed by atoms with Gasteiger partial charge in [-0.2, -0.15) is 0 Å². The molecular formula is C3H4N2Si. The van der Waals surface area contributed by atoms with Gasteiger partial charge in [-0.1, -0.05) is 0 Å². The Kier molecular flexibility index (Phi) is 1.06. The molecule has 0 fully saturated rings. The number of rotatable bonds is 0. The van der Waals surface area contributed by atoms with Crippen LogP contribution in [0.15, 0.2) is 17.9 Å². The second kappa shape index (κ2) is 1.77. The van der Waals surface area contributed by atoms with Crippen molar-refractivity contribution in [3.05, 3.63) is 17.9 Å². The molecule has 0 aliphatic heterocycles. The van der Waals surface area contributed by atoms with Gasteiger partial charge in [-0.05, 0) is 0 Å². The van der Waals surface area contributed by atoms with Crippen LogP contribution in [0, 0.1) is 0 Å². The molecule has 6 heavy (non-hydrogen) atoms. The summed E-state index contributed by atoms with van der Waals surface area (Å²) in [6.45, 7) is 0. The summed E-state index contributed by atoms with van der Waals surface area (Å²) in [6.07, 6.45) is 1.55. The van der Waals surface area contributed by atoms with Crippen LogP contribution < -0.4 is 0 Å². The highest BCUT2D eigenvalue weighted by atomic mass is 28.2. The molecule has 1 aromatic heterocycles. The Labute approximate surface area is 38.0 Å². The molecule has 0 aliphatic rings. The summed E-state index contributed by atoms with van der Waals surface area (Å²) in [7, 11) is 0.291. The Balaban J connectivity index is 3.00. The fraction of sp³-hybridized carbons (Fsp3) is 0. The first-order chi connectivity index (χ1) is 3.00.